The average molecular weight is 113 g/mol. The molecule has 1 aromatic rings. The predicted molar refractivity (Wildman–Crippen MR) is 28.1 cm³/mol. The van der Waals surface area contributed by atoms with E-state index in [0.717, 1.165) is 0 Å². The maximum Gasteiger partial charge on any atom is 0.198 e. The molecule has 0 saturated heterocycles. The van der Waals surface area contributed by atoms with E-state index in [9.17, 15) is 0 Å². The molecule has 0 amide bonds. The minimum atomic E-state index is 1.62. The summed E-state index contributed by atoms with van der Waals surface area (Å²) in [5.41, 5.74) is 0. The summed E-state index contributed by atoms with van der Waals surface area (Å²) in [6, 6.07) is 1.91. The number of rotatable bonds is 1. The van der Waals surface area contributed by atoms with Crippen LogP contribution in [-0.4, -0.2) is 12.0 Å². The first kappa shape index (κ1) is 5.15. The van der Waals surface area contributed by atoms with E-state index in [0.29, 0.717) is 0 Å². The molecule has 0 aliphatic rings. The molecule has 1 heterocycles. The Labute approximate surface area is 48.0 Å². The molecule has 0 atom stereocenters. The zero-order valence-electron chi connectivity index (χ0n) is 5.03. The van der Waals surface area contributed by atoms with Crippen LogP contribution in [-0.2, 0) is 7.05 Å². The first-order valence-electron chi connectivity index (χ1n) is 2.42. The third-order valence-electron chi connectivity index (χ3n) is 1.01. The van der Waals surface area contributed by atoms with E-state index in [1.54, 1.807) is 12.0 Å². The lowest BCUT2D eigenvalue weighted by atomic mass is 10.8. The molecular formula is C5H9N2O+. The lowest BCUT2D eigenvalue weighted by Gasteiger charge is -1.91. The van der Waals surface area contributed by atoms with Crippen molar-refractivity contribution >= 4 is 0 Å². The van der Waals surface area contributed by atoms with Crippen molar-refractivity contribution in [1.82, 2.24) is 4.85 Å². The molecule has 0 radical (unpaired) electrons. The van der Waals surface area contributed by atoms with Crippen molar-refractivity contribution in [2.75, 3.05) is 7.11 Å². The van der Waals surface area contributed by atoms with Gasteiger partial charge in [0.2, 0.25) is 0 Å². The normalized spacial score (nSPS) is 9.25. The van der Waals surface area contributed by atoms with Crippen LogP contribution in [0.4, 0.5) is 0 Å². The van der Waals surface area contributed by atoms with Crippen molar-refractivity contribution in [3.05, 3.63) is 18.5 Å². The van der Waals surface area contributed by atoms with E-state index in [2.05, 4.69) is 0 Å². The standard InChI is InChI=1S/C5H9N2O/c1-6-4-3-5-7(6)8-2/h3-5H,1-2H3/q+1. The van der Waals surface area contributed by atoms with Crippen molar-refractivity contribution < 1.29 is 9.52 Å². The van der Waals surface area contributed by atoms with E-state index in [1.165, 1.54) is 0 Å². The molecule has 0 aliphatic heterocycles. The van der Waals surface area contributed by atoms with Gasteiger partial charge in [-0.15, -0.1) is 0 Å². The Hall–Kier alpha value is -0.990. The van der Waals surface area contributed by atoms with Gasteiger partial charge in [-0.1, -0.05) is 4.68 Å². The van der Waals surface area contributed by atoms with Crippen LogP contribution in [0.15, 0.2) is 18.5 Å². The largest absolute Gasteiger partial charge is 0.372 e. The summed E-state index contributed by atoms with van der Waals surface area (Å²) < 4.78 is 1.83. The van der Waals surface area contributed by atoms with Gasteiger partial charge in [-0.05, 0) is 0 Å². The highest BCUT2D eigenvalue weighted by atomic mass is 16.7. The molecule has 0 aliphatic carbocycles. The first-order valence-corrected chi connectivity index (χ1v) is 2.42. The number of aryl methyl sites for hydroxylation is 1. The predicted octanol–water partition coefficient (Wildman–Crippen LogP) is -0.629. The number of aromatic nitrogens is 2. The Balaban J connectivity index is 2.92. The number of hydrogen-bond donors (Lipinski definition) is 0. The molecular weight excluding hydrogens is 104 g/mol. The Kier molecular flexibility index (Phi) is 1.20. The zero-order valence-corrected chi connectivity index (χ0v) is 5.03. The van der Waals surface area contributed by atoms with Crippen molar-refractivity contribution in [3.63, 3.8) is 0 Å². The van der Waals surface area contributed by atoms with Gasteiger partial charge in [-0.25, -0.2) is 0 Å². The zero-order chi connectivity index (χ0) is 5.98. The molecule has 8 heavy (non-hydrogen) atoms. The molecule has 3 heteroatoms. The van der Waals surface area contributed by atoms with Crippen LogP contribution in [0.1, 0.15) is 0 Å². The lowest BCUT2D eigenvalue weighted by molar-refractivity contribution is -0.777. The van der Waals surface area contributed by atoms with Gasteiger partial charge in [-0.3, -0.25) is 0 Å². The Bertz CT molecular complexity index is 171. The molecule has 1 aromatic heterocycles. The van der Waals surface area contributed by atoms with Crippen LogP contribution in [0, 0.1) is 0 Å². The molecule has 0 bridgehead atoms. The highest BCUT2D eigenvalue weighted by Gasteiger charge is 1.95. The van der Waals surface area contributed by atoms with Gasteiger partial charge >= 0.3 is 0 Å². The number of nitrogens with zero attached hydrogens (tertiary/aromatic N) is 2. The van der Waals surface area contributed by atoms with Crippen molar-refractivity contribution in [2.24, 2.45) is 7.05 Å². The smallest absolute Gasteiger partial charge is 0.198 e. The molecule has 0 aromatic carbocycles. The summed E-state index contributed by atoms with van der Waals surface area (Å²) in [7, 11) is 3.53. The van der Waals surface area contributed by atoms with E-state index >= 15 is 0 Å². The molecule has 0 spiro atoms. The fourth-order valence-corrected chi connectivity index (χ4v) is 0.597. The Morgan fingerprint density at radius 1 is 1.62 bits per heavy atom. The van der Waals surface area contributed by atoms with E-state index < -0.39 is 0 Å². The molecule has 3 nitrogen and oxygen atoms in total. The maximum absolute atomic E-state index is 4.86. The quantitative estimate of drug-likeness (QED) is 0.443. The second kappa shape index (κ2) is 1.86. The van der Waals surface area contributed by atoms with Crippen molar-refractivity contribution in [1.29, 1.82) is 0 Å². The van der Waals surface area contributed by atoms with Crippen LogP contribution < -0.4 is 9.52 Å². The molecule has 44 valence electrons. The van der Waals surface area contributed by atoms with Gasteiger partial charge in [0.25, 0.3) is 0 Å². The average Bonchev–Trinajstić information content (AvgIpc) is 2.14. The van der Waals surface area contributed by atoms with Gasteiger partial charge in [0, 0.05) is 10.9 Å². The van der Waals surface area contributed by atoms with Crippen LogP contribution in [0.25, 0.3) is 0 Å². The van der Waals surface area contributed by atoms with Crippen LogP contribution in [0.5, 0.6) is 0 Å². The molecule has 0 saturated carbocycles. The van der Waals surface area contributed by atoms with Crippen LogP contribution >= 0.6 is 0 Å². The summed E-state index contributed by atoms with van der Waals surface area (Å²) >= 11 is 0. The first-order chi connectivity index (χ1) is 3.84. The summed E-state index contributed by atoms with van der Waals surface area (Å²) in [5, 5.41) is 0. The fraction of sp³-hybridized carbons (Fsp3) is 0.400. The summed E-state index contributed by atoms with van der Waals surface area (Å²) in [6.07, 6.45) is 3.74. The van der Waals surface area contributed by atoms with Gasteiger partial charge in [-0.2, -0.15) is 0 Å². The maximum atomic E-state index is 4.86. The second-order valence-electron chi connectivity index (χ2n) is 1.55. The molecule has 0 fully saturated rings. The van der Waals surface area contributed by atoms with Crippen LogP contribution in [0.3, 0.4) is 0 Å². The second-order valence-corrected chi connectivity index (χ2v) is 1.55. The minimum absolute atomic E-state index is 1.62. The third kappa shape index (κ3) is 0.665. The highest BCUT2D eigenvalue weighted by molar-refractivity contribution is 4.68. The van der Waals surface area contributed by atoms with Crippen molar-refractivity contribution in [3.8, 4) is 0 Å². The summed E-state index contributed by atoms with van der Waals surface area (Å²) in [4.78, 5) is 6.49. The molecule has 1 rings (SSSR count). The van der Waals surface area contributed by atoms with E-state index in [1.807, 2.05) is 30.2 Å². The summed E-state index contributed by atoms with van der Waals surface area (Å²) in [6.45, 7) is 0. The van der Waals surface area contributed by atoms with Gasteiger partial charge < -0.3 is 4.84 Å². The van der Waals surface area contributed by atoms with Crippen molar-refractivity contribution in [2.45, 2.75) is 0 Å². The molecule has 0 unspecified atom stereocenters. The van der Waals surface area contributed by atoms with Gasteiger partial charge in [0.15, 0.2) is 13.2 Å². The van der Waals surface area contributed by atoms with Crippen LogP contribution in [0.2, 0.25) is 0 Å². The monoisotopic (exact) mass is 113 g/mol. The highest BCUT2D eigenvalue weighted by Crippen LogP contribution is 1.72. The summed E-state index contributed by atoms with van der Waals surface area (Å²) in [5.74, 6) is 0. The van der Waals surface area contributed by atoms with E-state index in [-0.39, 0.29) is 0 Å². The van der Waals surface area contributed by atoms with Gasteiger partial charge in [0.1, 0.15) is 13.3 Å². The number of hydrogen-bond acceptors (Lipinski definition) is 1. The SMILES string of the molecule is COn1ccc[n+]1C. The van der Waals surface area contributed by atoms with E-state index in [4.69, 9.17) is 4.84 Å². The Morgan fingerprint density at radius 3 is 2.62 bits per heavy atom. The molecule has 0 N–H and O–H groups in total. The topological polar surface area (TPSA) is 18.0 Å². The Morgan fingerprint density at radius 2 is 2.38 bits per heavy atom. The lowest BCUT2D eigenvalue weighted by Crippen LogP contribution is -2.40. The fourth-order valence-electron chi connectivity index (χ4n) is 0.597. The van der Waals surface area contributed by atoms with Gasteiger partial charge in [0.05, 0.1) is 0 Å². The minimum Gasteiger partial charge on any atom is -0.372 e. The third-order valence-corrected chi connectivity index (χ3v) is 1.01.